The van der Waals surface area contributed by atoms with Crippen molar-refractivity contribution in [2.75, 3.05) is 18.8 Å². The molecule has 1 aliphatic rings. The molecule has 1 heterocycles. The van der Waals surface area contributed by atoms with Gasteiger partial charge in [-0.3, -0.25) is 4.79 Å². The summed E-state index contributed by atoms with van der Waals surface area (Å²) in [6.45, 7) is 9.49. The van der Waals surface area contributed by atoms with Crippen LogP contribution in [-0.2, 0) is 14.6 Å². The van der Waals surface area contributed by atoms with E-state index in [0.717, 1.165) is 0 Å². The van der Waals surface area contributed by atoms with Crippen LogP contribution in [-0.4, -0.2) is 48.9 Å². The third kappa shape index (κ3) is 2.85. The number of carbonyl (C=O) groups is 1. The van der Waals surface area contributed by atoms with E-state index in [-0.39, 0.29) is 30.2 Å². The third-order valence-corrected chi connectivity index (χ3v) is 6.09. The molecule has 0 unspecified atom stereocenters. The molecule has 0 aliphatic carbocycles. The Hall–Kier alpha value is -0.620. The number of nitrogens with two attached hydrogens (primary N) is 1. The summed E-state index contributed by atoms with van der Waals surface area (Å²) in [4.78, 5) is 13.8. The molecule has 5 nitrogen and oxygen atoms in total. The van der Waals surface area contributed by atoms with Crippen molar-refractivity contribution < 1.29 is 13.2 Å². The highest BCUT2D eigenvalue weighted by Gasteiger charge is 2.43. The number of hydrogen-bond acceptors (Lipinski definition) is 4. The molecule has 2 N–H and O–H groups in total. The van der Waals surface area contributed by atoms with Gasteiger partial charge in [-0.2, -0.15) is 0 Å². The van der Waals surface area contributed by atoms with Gasteiger partial charge in [0.25, 0.3) is 0 Å². The average molecular weight is 276 g/mol. The van der Waals surface area contributed by atoms with Crippen LogP contribution < -0.4 is 5.73 Å². The second-order valence-corrected chi connectivity index (χ2v) is 9.42. The lowest BCUT2D eigenvalue weighted by atomic mass is 9.86. The number of nitrogens with zero attached hydrogens (tertiary/aromatic N) is 1. The minimum atomic E-state index is -3.12. The Balaban J connectivity index is 2.87. The topological polar surface area (TPSA) is 80.5 Å². The van der Waals surface area contributed by atoms with Gasteiger partial charge in [-0.15, -0.1) is 0 Å². The molecule has 1 fully saturated rings. The molecule has 6 heteroatoms. The summed E-state index contributed by atoms with van der Waals surface area (Å²) >= 11 is 0. The SMILES string of the molecule is CC(C)(C)[C@H](N)C(=O)N1CCS(=O)(=O)C(C)(C)C1. The number of amides is 1. The largest absolute Gasteiger partial charge is 0.339 e. The van der Waals surface area contributed by atoms with Gasteiger partial charge in [-0.05, 0) is 19.3 Å². The molecule has 1 rings (SSSR count). The van der Waals surface area contributed by atoms with Crippen LogP contribution in [0.15, 0.2) is 0 Å². The van der Waals surface area contributed by atoms with Gasteiger partial charge in [-0.1, -0.05) is 20.8 Å². The first-order valence-corrected chi connectivity index (χ1v) is 7.80. The van der Waals surface area contributed by atoms with E-state index < -0.39 is 20.6 Å². The third-order valence-electron chi connectivity index (χ3n) is 3.55. The van der Waals surface area contributed by atoms with Gasteiger partial charge in [-0.25, -0.2) is 8.42 Å². The molecule has 0 aromatic heterocycles. The van der Waals surface area contributed by atoms with Crippen LogP contribution >= 0.6 is 0 Å². The first kappa shape index (κ1) is 15.4. The lowest BCUT2D eigenvalue weighted by Gasteiger charge is -2.40. The lowest BCUT2D eigenvalue weighted by molar-refractivity contribution is -0.135. The molecule has 0 spiro atoms. The molecular weight excluding hydrogens is 252 g/mol. The predicted molar refractivity (Wildman–Crippen MR) is 71.9 cm³/mol. The first-order valence-electron chi connectivity index (χ1n) is 6.15. The Bertz CT molecular complexity index is 435. The van der Waals surface area contributed by atoms with Crippen molar-refractivity contribution in [2.45, 2.75) is 45.4 Å². The zero-order valence-corrected chi connectivity index (χ0v) is 12.7. The maximum Gasteiger partial charge on any atom is 0.240 e. The molecule has 0 radical (unpaired) electrons. The highest BCUT2D eigenvalue weighted by Crippen LogP contribution is 2.26. The second kappa shape index (κ2) is 4.49. The van der Waals surface area contributed by atoms with E-state index in [0.29, 0.717) is 0 Å². The summed E-state index contributed by atoms with van der Waals surface area (Å²) in [5.74, 6) is -0.145. The molecule has 0 aromatic carbocycles. The second-order valence-electron chi connectivity index (χ2n) is 6.68. The van der Waals surface area contributed by atoms with Gasteiger partial charge < -0.3 is 10.6 Å². The monoisotopic (exact) mass is 276 g/mol. The highest BCUT2D eigenvalue weighted by molar-refractivity contribution is 7.92. The van der Waals surface area contributed by atoms with Crippen LogP contribution in [0.5, 0.6) is 0 Å². The van der Waals surface area contributed by atoms with Gasteiger partial charge >= 0.3 is 0 Å². The van der Waals surface area contributed by atoms with Crippen molar-refractivity contribution in [3.05, 3.63) is 0 Å². The average Bonchev–Trinajstić information content (AvgIpc) is 2.18. The summed E-state index contributed by atoms with van der Waals surface area (Å²) in [5.41, 5.74) is 5.62. The standard InChI is InChI=1S/C12H24N2O3S/c1-11(2,3)9(13)10(15)14-6-7-18(16,17)12(4,5)8-14/h9H,6-8,13H2,1-5H3/t9-/m1/s1. The van der Waals surface area contributed by atoms with E-state index in [1.165, 1.54) is 0 Å². The zero-order chi connectivity index (χ0) is 14.4. The van der Waals surface area contributed by atoms with Crippen LogP contribution in [0.1, 0.15) is 34.6 Å². The quantitative estimate of drug-likeness (QED) is 0.751. The number of rotatable bonds is 1. The Morgan fingerprint density at radius 1 is 1.33 bits per heavy atom. The minimum absolute atomic E-state index is 0.0165. The maximum atomic E-state index is 12.2. The molecule has 1 atom stereocenters. The van der Waals surface area contributed by atoms with E-state index in [1.807, 2.05) is 20.8 Å². The lowest BCUT2D eigenvalue weighted by Crippen LogP contribution is -2.59. The van der Waals surface area contributed by atoms with E-state index in [1.54, 1.807) is 18.7 Å². The fraction of sp³-hybridized carbons (Fsp3) is 0.917. The maximum absolute atomic E-state index is 12.2. The minimum Gasteiger partial charge on any atom is -0.339 e. The molecule has 1 saturated heterocycles. The highest BCUT2D eigenvalue weighted by atomic mass is 32.2. The summed E-state index contributed by atoms with van der Waals surface area (Å²) in [7, 11) is -3.12. The summed E-state index contributed by atoms with van der Waals surface area (Å²) in [5, 5.41) is 0. The van der Waals surface area contributed by atoms with Crippen molar-refractivity contribution in [3.8, 4) is 0 Å². The smallest absolute Gasteiger partial charge is 0.240 e. The van der Waals surface area contributed by atoms with Crippen molar-refractivity contribution in [1.82, 2.24) is 4.90 Å². The molecule has 106 valence electrons. The predicted octanol–water partition coefficient (Wildman–Crippen LogP) is 0.395. The molecule has 18 heavy (non-hydrogen) atoms. The normalized spacial score (nSPS) is 24.7. The van der Waals surface area contributed by atoms with Gasteiger partial charge in [0.2, 0.25) is 5.91 Å². The van der Waals surface area contributed by atoms with Gasteiger partial charge in [0.05, 0.1) is 16.5 Å². The van der Waals surface area contributed by atoms with Crippen LogP contribution in [0.4, 0.5) is 0 Å². The van der Waals surface area contributed by atoms with Crippen molar-refractivity contribution in [3.63, 3.8) is 0 Å². The van der Waals surface area contributed by atoms with Gasteiger partial charge in [0.15, 0.2) is 9.84 Å². The molecule has 0 bridgehead atoms. The van der Waals surface area contributed by atoms with Crippen LogP contribution in [0.25, 0.3) is 0 Å². The Kier molecular flexibility index (Phi) is 3.85. The van der Waals surface area contributed by atoms with Gasteiger partial charge in [0.1, 0.15) is 0 Å². The van der Waals surface area contributed by atoms with Crippen LogP contribution in [0, 0.1) is 5.41 Å². The fourth-order valence-corrected chi connectivity index (χ4v) is 3.26. The van der Waals surface area contributed by atoms with Crippen molar-refractivity contribution in [1.29, 1.82) is 0 Å². The van der Waals surface area contributed by atoms with Crippen molar-refractivity contribution in [2.24, 2.45) is 11.1 Å². The van der Waals surface area contributed by atoms with E-state index in [4.69, 9.17) is 5.73 Å². The van der Waals surface area contributed by atoms with Gasteiger partial charge in [0, 0.05) is 13.1 Å². The molecule has 0 aromatic rings. The number of carbonyl (C=O) groups excluding carboxylic acids is 1. The Morgan fingerprint density at radius 2 is 1.83 bits per heavy atom. The number of sulfone groups is 1. The first-order chi connectivity index (χ1) is 7.88. The van der Waals surface area contributed by atoms with E-state index >= 15 is 0 Å². The summed E-state index contributed by atoms with van der Waals surface area (Å²) < 4.78 is 22.8. The summed E-state index contributed by atoms with van der Waals surface area (Å²) in [6.07, 6.45) is 0. The van der Waals surface area contributed by atoms with E-state index in [2.05, 4.69) is 0 Å². The molecule has 0 saturated carbocycles. The summed E-state index contributed by atoms with van der Waals surface area (Å²) in [6, 6.07) is -0.603. The fourth-order valence-electron chi connectivity index (χ4n) is 1.90. The molecule has 1 aliphatic heterocycles. The molecular formula is C12H24N2O3S. The van der Waals surface area contributed by atoms with Crippen LogP contribution in [0.2, 0.25) is 0 Å². The van der Waals surface area contributed by atoms with Crippen LogP contribution in [0.3, 0.4) is 0 Å². The Morgan fingerprint density at radius 3 is 2.22 bits per heavy atom. The van der Waals surface area contributed by atoms with Crippen molar-refractivity contribution >= 4 is 15.7 Å². The number of hydrogen-bond donors (Lipinski definition) is 1. The zero-order valence-electron chi connectivity index (χ0n) is 11.9. The van der Waals surface area contributed by atoms with E-state index in [9.17, 15) is 13.2 Å². The Labute approximate surface area is 110 Å². The molecule has 1 amide bonds.